The van der Waals surface area contributed by atoms with Crippen molar-refractivity contribution in [2.24, 2.45) is 17.6 Å². The molecular formula is C26H35Cl2N3O3. The number of hydrogen-bond donors (Lipinski definition) is 2. The van der Waals surface area contributed by atoms with Crippen LogP contribution in [0.15, 0.2) is 54.6 Å². The fourth-order valence-electron chi connectivity index (χ4n) is 4.26. The molecule has 0 spiro atoms. The summed E-state index contributed by atoms with van der Waals surface area (Å²) >= 11 is 5.94. The third kappa shape index (κ3) is 9.53. The van der Waals surface area contributed by atoms with Crippen molar-refractivity contribution in [2.45, 2.75) is 38.7 Å². The Morgan fingerprint density at radius 2 is 1.76 bits per heavy atom. The Hall–Kier alpha value is -2.28. The second kappa shape index (κ2) is 14.9. The van der Waals surface area contributed by atoms with Gasteiger partial charge in [-0.15, -0.1) is 12.4 Å². The SMILES string of the molecule is Cl.NC(=O)C1CCCNC1.O=C(OCc1ccccc1)N1CCCC(Cc2ccc(Cl)cc2)C1. The molecule has 3 N–H and O–H groups in total. The third-order valence-electron chi connectivity index (χ3n) is 6.12. The van der Waals surface area contributed by atoms with Crippen LogP contribution in [0.2, 0.25) is 5.02 Å². The lowest BCUT2D eigenvalue weighted by Crippen LogP contribution is -2.40. The number of piperidine rings is 2. The first-order valence-electron chi connectivity index (χ1n) is 11.7. The van der Waals surface area contributed by atoms with Crippen molar-refractivity contribution in [1.82, 2.24) is 10.2 Å². The summed E-state index contributed by atoms with van der Waals surface area (Å²) in [6.45, 7) is 3.68. The van der Waals surface area contributed by atoms with E-state index in [-0.39, 0.29) is 30.3 Å². The van der Waals surface area contributed by atoms with Crippen LogP contribution in [0.3, 0.4) is 0 Å². The zero-order valence-electron chi connectivity index (χ0n) is 19.5. The summed E-state index contributed by atoms with van der Waals surface area (Å²) in [6.07, 6.45) is 4.97. The minimum atomic E-state index is -0.209. The molecule has 6 nitrogen and oxygen atoms in total. The quantitative estimate of drug-likeness (QED) is 0.607. The predicted molar refractivity (Wildman–Crippen MR) is 138 cm³/mol. The van der Waals surface area contributed by atoms with E-state index in [0.717, 1.165) is 68.9 Å². The fraction of sp³-hybridized carbons (Fsp3) is 0.462. The van der Waals surface area contributed by atoms with Crippen LogP contribution in [-0.4, -0.2) is 43.1 Å². The number of carbonyl (C=O) groups excluding carboxylic acids is 2. The van der Waals surface area contributed by atoms with E-state index in [1.54, 1.807) is 0 Å². The minimum Gasteiger partial charge on any atom is -0.445 e. The lowest BCUT2D eigenvalue weighted by molar-refractivity contribution is -0.122. The predicted octanol–water partition coefficient (Wildman–Crippen LogP) is 4.82. The molecule has 186 valence electrons. The summed E-state index contributed by atoms with van der Waals surface area (Å²) in [4.78, 5) is 24.7. The Bertz CT molecular complexity index is 875. The van der Waals surface area contributed by atoms with Gasteiger partial charge in [0.05, 0.1) is 5.92 Å². The second-order valence-corrected chi connectivity index (χ2v) is 9.21. The van der Waals surface area contributed by atoms with Crippen molar-refractivity contribution in [2.75, 3.05) is 26.2 Å². The van der Waals surface area contributed by atoms with Crippen LogP contribution in [0.1, 0.15) is 36.8 Å². The second-order valence-electron chi connectivity index (χ2n) is 8.77. The van der Waals surface area contributed by atoms with Crippen molar-refractivity contribution in [3.05, 3.63) is 70.7 Å². The van der Waals surface area contributed by atoms with E-state index in [0.29, 0.717) is 12.5 Å². The molecule has 0 saturated carbocycles. The lowest BCUT2D eigenvalue weighted by Gasteiger charge is -2.32. The number of hydrogen-bond acceptors (Lipinski definition) is 4. The number of carbonyl (C=O) groups is 2. The minimum absolute atomic E-state index is 0. The number of ether oxygens (including phenoxy) is 1. The molecule has 0 bridgehead atoms. The maximum atomic E-state index is 12.3. The molecule has 0 radical (unpaired) electrons. The van der Waals surface area contributed by atoms with E-state index in [2.05, 4.69) is 17.4 Å². The van der Waals surface area contributed by atoms with Crippen LogP contribution in [0.4, 0.5) is 4.79 Å². The van der Waals surface area contributed by atoms with Crippen molar-refractivity contribution in [1.29, 1.82) is 0 Å². The molecule has 4 rings (SSSR count). The van der Waals surface area contributed by atoms with E-state index in [1.807, 2.05) is 47.4 Å². The highest BCUT2D eigenvalue weighted by molar-refractivity contribution is 6.30. The summed E-state index contributed by atoms with van der Waals surface area (Å²) < 4.78 is 5.45. The van der Waals surface area contributed by atoms with E-state index in [4.69, 9.17) is 22.1 Å². The van der Waals surface area contributed by atoms with Gasteiger partial charge in [-0.3, -0.25) is 4.79 Å². The molecule has 34 heavy (non-hydrogen) atoms. The van der Waals surface area contributed by atoms with E-state index >= 15 is 0 Å². The maximum Gasteiger partial charge on any atom is 0.410 e. The Balaban J connectivity index is 0.000000345. The number of nitrogens with one attached hydrogen (secondary N) is 1. The van der Waals surface area contributed by atoms with Gasteiger partial charge in [0.25, 0.3) is 0 Å². The maximum absolute atomic E-state index is 12.3. The van der Waals surface area contributed by atoms with Crippen LogP contribution in [-0.2, 0) is 22.6 Å². The standard InChI is InChI=1S/C20H22ClNO2.C6H12N2O.ClH/c21-19-10-8-16(9-11-19)13-18-7-4-12-22(14-18)20(23)24-15-17-5-2-1-3-6-17;7-6(9)5-2-1-3-8-4-5;/h1-3,5-6,8-11,18H,4,7,12-15H2;5,8H,1-4H2,(H2,7,9);1H. The van der Waals surface area contributed by atoms with Gasteiger partial charge >= 0.3 is 6.09 Å². The molecule has 2 aromatic carbocycles. The molecule has 8 heteroatoms. The highest BCUT2D eigenvalue weighted by Gasteiger charge is 2.24. The fourth-order valence-corrected chi connectivity index (χ4v) is 4.38. The molecule has 2 aliphatic rings. The van der Waals surface area contributed by atoms with Gasteiger partial charge in [0.2, 0.25) is 5.91 Å². The first kappa shape index (κ1) is 28.0. The molecule has 2 aromatic rings. The molecule has 0 aliphatic carbocycles. The van der Waals surface area contributed by atoms with Gasteiger partial charge in [0, 0.05) is 24.7 Å². The van der Waals surface area contributed by atoms with Crippen LogP contribution in [0, 0.1) is 11.8 Å². The summed E-state index contributed by atoms with van der Waals surface area (Å²) in [5, 5.41) is 3.87. The summed E-state index contributed by atoms with van der Waals surface area (Å²) in [5.41, 5.74) is 7.37. The smallest absolute Gasteiger partial charge is 0.410 e. The third-order valence-corrected chi connectivity index (χ3v) is 6.37. The Morgan fingerprint density at radius 1 is 1.03 bits per heavy atom. The molecule has 2 aliphatic heterocycles. The van der Waals surface area contributed by atoms with Gasteiger partial charge in [-0.05, 0) is 67.8 Å². The van der Waals surface area contributed by atoms with Crippen molar-refractivity contribution in [3.63, 3.8) is 0 Å². The molecule has 2 unspecified atom stereocenters. The van der Waals surface area contributed by atoms with Crippen LogP contribution >= 0.6 is 24.0 Å². The van der Waals surface area contributed by atoms with Gasteiger partial charge in [-0.2, -0.15) is 0 Å². The van der Waals surface area contributed by atoms with E-state index in [1.165, 1.54) is 5.56 Å². The number of nitrogens with zero attached hydrogens (tertiary/aromatic N) is 1. The normalized spacial score (nSPS) is 19.7. The first-order chi connectivity index (χ1) is 16.0. The van der Waals surface area contributed by atoms with Crippen LogP contribution in [0.5, 0.6) is 0 Å². The number of benzene rings is 2. The van der Waals surface area contributed by atoms with E-state index in [9.17, 15) is 9.59 Å². The Labute approximate surface area is 213 Å². The number of rotatable bonds is 5. The number of likely N-dealkylation sites (tertiary alicyclic amines) is 1. The van der Waals surface area contributed by atoms with Crippen molar-refractivity contribution >= 4 is 36.0 Å². The number of nitrogens with two attached hydrogens (primary N) is 1. The molecular weight excluding hydrogens is 473 g/mol. The Morgan fingerprint density at radius 3 is 2.38 bits per heavy atom. The van der Waals surface area contributed by atoms with Crippen molar-refractivity contribution < 1.29 is 14.3 Å². The Kier molecular flexibility index (Phi) is 12.2. The lowest BCUT2D eigenvalue weighted by atomic mass is 9.91. The summed E-state index contributed by atoms with van der Waals surface area (Å²) in [7, 11) is 0. The molecule has 2 amide bonds. The van der Waals surface area contributed by atoms with Crippen LogP contribution in [0.25, 0.3) is 0 Å². The zero-order chi connectivity index (χ0) is 23.5. The number of amides is 2. The number of halogens is 2. The van der Waals surface area contributed by atoms with Gasteiger partial charge in [0.1, 0.15) is 6.61 Å². The van der Waals surface area contributed by atoms with E-state index < -0.39 is 0 Å². The average Bonchev–Trinajstić information content (AvgIpc) is 2.86. The first-order valence-corrected chi connectivity index (χ1v) is 12.1. The highest BCUT2D eigenvalue weighted by Crippen LogP contribution is 2.22. The largest absolute Gasteiger partial charge is 0.445 e. The molecule has 2 fully saturated rings. The molecule has 2 heterocycles. The van der Waals surface area contributed by atoms with Crippen molar-refractivity contribution in [3.8, 4) is 0 Å². The van der Waals surface area contributed by atoms with Crippen LogP contribution < -0.4 is 11.1 Å². The zero-order valence-corrected chi connectivity index (χ0v) is 21.0. The molecule has 2 atom stereocenters. The number of primary amides is 1. The molecule has 0 aromatic heterocycles. The highest BCUT2D eigenvalue weighted by atomic mass is 35.5. The average molecular weight is 508 g/mol. The topological polar surface area (TPSA) is 84.7 Å². The monoisotopic (exact) mass is 507 g/mol. The summed E-state index contributed by atoms with van der Waals surface area (Å²) in [6, 6.07) is 17.8. The van der Waals surface area contributed by atoms with Gasteiger partial charge in [-0.25, -0.2) is 4.79 Å². The van der Waals surface area contributed by atoms with Gasteiger partial charge < -0.3 is 20.7 Å². The van der Waals surface area contributed by atoms with Gasteiger partial charge in [0.15, 0.2) is 0 Å². The van der Waals surface area contributed by atoms with Gasteiger partial charge in [-0.1, -0.05) is 54.1 Å². The summed E-state index contributed by atoms with van der Waals surface area (Å²) in [5.74, 6) is 0.394. The molecule has 2 saturated heterocycles.